The molecule has 0 amide bonds. The van der Waals surface area contributed by atoms with Crippen LogP contribution in [0.3, 0.4) is 0 Å². The van der Waals surface area contributed by atoms with Gasteiger partial charge in [-0.3, -0.25) is 4.57 Å². The minimum atomic E-state index is -3.37. The molecule has 0 saturated heterocycles. The third-order valence-electron chi connectivity index (χ3n) is 16.7. The van der Waals surface area contributed by atoms with Crippen molar-refractivity contribution < 1.29 is 13.6 Å². The average Bonchev–Trinajstić information content (AvgIpc) is 1.69. The second kappa shape index (κ2) is 41.5. The van der Waals surface area contributed by atoms with E-state index in [1.807, 2.05) is 59.2 Å². The van der Waals surface area contributed by atoms with Gasteiger partial charge in [-0.25, -0.2) is 0 Å². The highest BCUT2D eigenvalue weighted by atomic mass is 32.1. The molecular formula is C87H101O3PS6. The van der Waals surface area contributed by atoms with E-state index in [1.54, 1.807) is 22.7 Å². The Balaban J connectivity index is 0.912. The van der Waals surface area contributed by atoms with Gasteiger partial charge in [0.15, 0.2) is 0 Å². The molecule has 0 fully saturated rings. The molecule has 0 aliphatic heterocycles. The molecule has 0 saturated carbocycles. The van der Waals surface area contributed by atoms with Crippen molar-refractivity contribution in [3.63, 3.8) is 0 Å². The molecule has 9 aromatic rings. The van der Waals surface area contributed by atoms with Gasteiger partial charge in [-0.1, -0.05) is 165 Å². The summed E-state index contributed by atoms with van der Waals surface area (Å²) in [6.07, 6.45) is 61.3. The quantitative estimate of drug-likeness (QED) is 0.0283. The van der Waals surface area contributed by atoms with Crippen molar-refractivity contribution in [1.29, 1.82) is 0 Å². The molecular weight excluding hydrogens is 1320 g/mol. The van der Waals surface area contributed by atoms with E-state index in [4.69, 9.17) is 9.05 Å². The molecule has 0 N–H and O–H groups in total. The highest BCUT2D eigenvalue weighted by molar-refractivity contribution is 7.53. The van der Waals surface area contributed by atoms with E-state index in [0.717, 1.165) is 63.3 Å². The number of benzene rings is 3. The first-order chi connectivity index (χ1) is 47.5. The van der Waals surface area contributed by atoms with E-state index in [2.05, 4.69) is 252 Å². The van der Waals surface area contributed by atoms with Gasteiger partial charge in [0, 0.05) is 58.5 Å². The van der Waals surface area contributed by atoms with Gasteiger partial charge in [-0.05, 0) is 279 Å². The van der Waals surface area contributed by atoms with Crippen molar-refractivity contribution in [3.8, 4) is 0 Å². The molecule has 6 aromatic heterocycles. The maximum Gasteiger partial charge on any atom is 0.335 e. The van der Waals surface area contributed by atoms with E-state index in [9.17, 15) is 4.57 Å². The van der Waals surface area contributed by atoms with Crippen molar-refractivity contribution in [2.24, 2.45) is 0 Å². The fraction of sp³-hybridized carbons (Fsp3) is 0.333. The van der Waals surface area contributed by atoms with Crippen LogP contribution in [0, 0.1) is 0 Å². The Labute approximate surface area is 606 Å². The van der Waals surface area contributed by atoms with Gasteiger partial charge in [-0.2, -0.15) is 0 Å². The van der Waals surface area contributed by atoms with E-state index in [1.165, 1.54) is 174 Å². The average molecular weight is 1420 g/mol. The molecule has 0 bridgehead atoms. The van der Waals surface area contributed by atoms with Gasteiger partial charge in [-0.15, -0.1) is 68.0 Å². The maximum atomic E-state index is 14.0. The number of thiophene rings is 6. The number of hydrogen-bond donors (Lipinski definition) is 0. The minimum Gasteiger partial charge on any atom is -0.309 e. The van der Waals surface area contributed by atoms with Crippen molar-refractivity contribution >= 4 is 173 Å². The summed E-state index contributed by atoms with van der Waals surface area (Å²) >= 11 is 11.2. The lowest BCUT2D eigenvalue weighted by Crippen LogP contribution is -1.99. The fourth-order valence-corrected chi connectivity index (χ4v) is 18.8. The zero-order chi connectivity index (χ0) is 67.7. The van der Waals surface area contributed by atoms with Crippen molar-refractivity contribution in [3.05, 3.63) is 236 Å². The number of aryl methyl sites for hydroxylation is 4. The van der Waals surface area contributed by atoms with E-state index in [-0.39, 0.29) is 6.16 Å². The van der Waals surface area contributed by atoms with Crippen LogP contribution in [0.2, 0.25) is 0 Å². The second-order valence-electron chi connectivity index (χ2n) is 25.1. The third-order valence-corrected chi connectivity index (χ3v) is 25.2. The van der Waals surface area contributed by atoms with Crippen molar-refractivity contribution in [2.75, 3.05) is 13.2 Å². The van der Waals surface area contributed by atoms with Crippen LogP contribution in [0.25, 0.3) is 97.2 Å². The van der Waals surface area contributed by atoms with Crippen LogP contribution in [0.15, 0.2) is 127 Å². The molecule has 97 heavy (non-hydrogen) atoms. The van der Waals surface area contributed by atoms with Gasteiger partial charge in [0.25, 0.3) is 0 Å². The lowest BCUT2D eigenvalue weighted by atomic mass is 10.0. The summed E-state index contributed by atoms with van der Waals surface area (Å²) in [7, 11) is -3.37. The van der Waals surface area contributed by atoms with Crippen LogP contribution >= 0.6 is 75.6 Å². The Kier molecular flexibility index (Phi) is 32.1. The summed E-state index contributed by atoms with van der Waals surface area (Å²) in [4.78, 5) is 15.7. The summed E-state index contributed by atoms with van der Waals surface area (Å²) in [5, 5.41) is 0. The van der Waals surface area contributed by atoms with E-state index < -0.39 is 7.60 Å². The summed E-state index contributed by atoms with van der Waals surface area (Å²) in [6.45, 7) is 13.5. The largest absolute Gasteiger partial charge is 0.335 e. The van der Waals surface area contributed by atoms with E-state index in [0.29, 0.717) is 13.2 Å². The Morgan fingerprint density at radius 2 is 0.485 bits per heavy atom. The first-order valence-corrected chi connectivity index (χ1v) is 42.5. The number of rotatable bonds is 42. The van der Waals surface area contributed by atoms with Gasteiger partial charge >= 0.3 is 7.60 Å². The second-order valence-corrected chi connectivity index (χ2v) is 34.2. The summed E-state index contributed by atoms with van der Waals surface area (Å²) in [5.74, 6) is 0. The van der Waals surface area contributed by atoms with Crippen LogP contribution in [0.5, 0.6) is 0 Å². The van der Waals surface area contributed by atoms with Crippen LogP contribution < -0.4 is 0 Å². The predicted octanol–water partition coefficient (Wildman–Crippen LogP) is 29.7. The molecule has 508 valence electrons. The molecule has 0 spiro atoms. The topological polar surface area (TPSA) is 35.5 Å². The lowest BCUT2D eigenvalue weighted by molar-refractivity contribution is 0.219. The Morgan fingerprint density at radius 3 is 0.711 bits per heavy atom. The number of unbranched alkanes of at least 4 members (excludes halogenated alkanes) is 12. The minimum absolute atomic E-state index is 0.187. The Bertz CT molecular complexity index is 3720. The first kappa shape index (κ1) is 75.1. The molecule has 3 aromatic carbocycles. The third kappa shape index (κ3) is 26.8. The summed E-state index contributed by atoms with van der Waals surface area (Å²) in [6, 6.07) is 47.3. The van der Waals surface area contributed by atoms with Crippen LogP contribution in [-0.4, -0.2) is 13.2 Å². The van der Waals surface area contributed by atoms with Crippen LogP contribution in [-0.2, 0) is 45.5 Å². The zero-order valence-corrected chi connectivity index (χ0v) is 64.0. The summed E-state index contributed by atoms with van der Waals surface area (Å²) in [5.41, 5.74) is 10.0. The zero-order valence-electron chi connectivity index (χ0n) is 58.2. The molecule has 0 radical (unpaired) electrons. The molecule has 6 heterocycles. The van der Waals surface area contributed by atoms with E-state index >= 15 is 0 Å². The smallest absolute Gasteiger partial charge is 0.309 e. The molecule has 0 aliphatic carbocycles. The predicted molar refractivity (Wildman–Crippen MR) is 443 cm³/mol. The SMILES string of the molecule is CCCCCCc1ccc(/C=C/c2cc(/C=C/c3ccc(/C=C/c4cc(/C=C/c5ccc(/C=C/c6cc(/C=C/c7ccc(CCCCCC)s7)cc(/C=C/c7ccc(CCCCCC)s7)c6)s5)cc(CP(=O)(OCC)OCC)c4)s3)cc(/C=C/c3ccc(CCCCCC)s3)c2)s1. The first-order valence-electron chi connectivity index (χ1n) is 35.8. The van der Waals surface area contributed by atoms with Crippen LogP contribution in [0.1, 0.15) is 253 Å². The van der Waals surface area contributed by atoms with Crippen LogP contribution in [0.4, 0.5) is 0 Å². The lowest BCUT2D eigenvalue weighted by Gasteiger charge is -2.17. The molecule has 0 unspecified atom stereocenters. The highest BCUT2D eigenvalue weighted by Crippen LogP contribution is 2.51. The standard InChI is InChI=1S/C87H101O3PS6/c1-7-13-17-21-25-76-45-49-80(92-76)37-29-67-57-68(30-38-81-50-46-77(93-81)26-22-18-14-8-2)60-71(59-67)33-41-84-53-55-86(96-84)43-35-73-63-74(65-75(64-73)66-91(88,89-11-5)90-12-6)36-44-87-56-54-85(97-87)42-34-72-61-69(31-39-82-51-47-78(94-82)27-23-19-15-9-3)58-70(62-72)32-40-83-52-48-79(95-83)28-24-20-16-10-4/h29-65H,7-28,66H2,1-6H3/b37-29+,38-30+,39-31+,40-32+,41-33+,42-34+,43-35+,44-36+. The molecule has 9 rings (SSSR count). The van der Waals surface area contributed by atoms with Gasteiger partial charge in [0.2, 0.25) is 0 Å². The van der Waals surface area contributed by atoms with Crippen molar-refractivity contribution in [2.45, 2.75) is 176 Å². The molecule has 0 aliphatic rings. The number of hydrogen-bond acceptors (Lipinski definition) is 9. The summed E-state index contributed by atoms with van der Waals surface area (Å²) < 4.78 is 25.7. The Morgan fingerprint density at radius 1 is 0.268 bits per heavy atom. The normalized spacial score (nSPS) is 12.6. The monoisotopic (exact) mass is 1420 g/mol. The molecule has 0 atom stereocenters. The van der Waals surface area contributed by atoms with Crippen molar-refractivity contribution in [1.82, 2.24) is 0 Å². The van der Waals surface area contributed by atoms with Gasteiger partial charge in [0.1, 0.15) is 0 Å². The molecule has 10 heteroatoms. The fourth-order valence-electron chi connectivity index (χ4n) is 11.7. The van der Waals surface area contributed by atoms with Gasteiger partial charge < -0.3 is 9.05 Å². The Hall–Kier alpha value is -6.07. The van der Waals surface area contributed by atoms with Gasteiger partial charge in [0.05, 0.1) is 19.4 Å². The molecule has 3 nitrogen and oxygen atoms in total. The highest BCUT2D eigenvalue weighted by Gasteiger charge is 2.24. The maximum absolute atomic E-state index is 14.0.